The van der Waals surface area contributed by atoms with Gasteiger partial charge in [-0.15, -0.1) is 11.3 Å². The van der Waals surface area contributed by atoms with E-state index in [4.69, 9.17) is 5.11 Å². The lowest BCUT2D eigenvalue weighted by atomic mass is 9.91. The number of Topliss-reactive ketones (excluding diaryl/α,β-unsaturated/α-hetero) is 1. The number of thiophene rings is 1. The van der Waals surface area contributed by atoms with Gasteiger partial charge in [-0.3, -0.25) is 9.59 Å². The van der Waals surface area contributed by atoms with Crippen LogP contribution in [0.15, 0.2) is 54.6 Å². The summed E-state index contributed by atoms with van der Waals surface area (Å²) in [6.07, 6.45) is 13.5. The summed E-state index contributed by atoms with van der Waals surface area (Å²) in [7, 11) is 0. The van der Waals surface area contributed by atoms with Crippen molar-refractivity contribution in [2.75, 3.05) is 0 Å². The van der Waals surface area contributed by atoms with Gasteiger partial charge in [0.15, 0.2) is 0 Å². The third-order valence-corrected chi connectivity index (χ3v) is 6.29. The third kappa shape index (κ3) is 5.64. The number of carbonyl (C=O) groups excluding carboxylic acids is 1. The van der Waals surface area contributed by atoms with E-state index in [9.17, 15) is 9.59 Å². The number of carboxylic acids is 1. The highest BCUT2D eigenvalue weighted by molar-refractivity contribution is 7.19. The first-order chi connectivity index (χ1) is 13.1. The van der Waals surface area contributed by atoms with Crippen LogP contribution in [0.5, 0.6) is 0 Å². The first-order valence-electron chi connectivity index (χ1n) is 9.67. The number of unbranched alkanes of at least 4 members (excludes halogenated alkanes) is 1. The number of carboxylic acid groups (broad SMARTS) is 1. The molecule has 1 aliphatic rings. The molecule has 0 radical (unpaired) electrons. The Kier molecular flexibility index (Phi) is 6.99. The van der Waals surface area contributed by atoms with Gasteiger partial charge in [0.1, 0.15) is 5.78 Å². The lowest BCUT2D eigenvalue weighted by Crippen LogP contribution is -2.12. The maximum absolute atomic E-state index is 12.2. The average Bonchev–Trinajstić information content (AvgIpc) is 3.21. The zero-order chi connectivity index (χ0) is 19.1. The predicted octanol–water partition coefficient (Wildman–Crippen LogP) is 5.80. The molecule has 142 valence electrons. The molecule has 1 saturated carbocycles. The SMILES string of the molecule is O=C(O)CCC/C=C\C[C@H]1C(=O)CCC1/C=C/Cc1cc2ccccc2s1. The highest BCUT2D eigenvalue weighted by Gasteiger charge is 2.31. The molecule has 0 spiro atoms. The van der Waals surface area contributed by atoms with E-state index in [0.717, 1.165) is 25.7 Å². The number of hydrogen-bond acceptors (Lipinski definition) is 3. The normalized spacial score (nSPS) is 20.4. The molecule has 0 amide bonds. The van der Waals surface area contributed by atoms with Gasteiger partial charge in [-0.25, -0.2) is 0 Å². The van der Waals surface area contributed by atoms with Crippen LogP contribution in [0.1, 0.15) is 43.4 Å². The minimum absolute atomic E-state index is 0.0828. The number of rotatable bonds is 9. The molecule has 1 aromatic carbocycles. The van der Waals surface area contributed by atoms with Crippen LogP contribution >= 0.6 is 11.3 Å². The van der Waals surface area contributed by atoms with Crippen molar-refractivity contribution in [3.8, 4) is 0 Å². The van der Waals surface area contributed by atoms with Gasteiger partial charge in [0.2, 0.25) is 0 Å². The Hall–Kier alpha value is -2.20. The Balaban J connectivity index is 1.50. The molecule has 0 saturated heterocycles. The molecule has 1 aliphatic carbocycles. The van der Waals surface area contributed by atoms with Crippen molar-refractivity contribution >= 4 is 33.2 Å². The minimum Gasteiger partial charge on any atom is -0.481 e. The molecule has 2 atom stereocenters. The monoisotopic (exact) mass is 382 g/mol. The van der Waals surface area contributed by atoms with Crippen molar-refractivity contribution in [2.45, 2.75) is 44.9 Å². The zero-order valence-corrected chi connectivity index (χ0v) is 16.3. The number of hydrogen-bond donors (Lipinski definition) is 1. The minimum atomic E-state index is -0.752. The van der Waals surface area contributed by atoms with Gasteiger partial charge < -0.3 is 5.11 Å². The van der Waals surface area contributed by atoms with Crippen molar-refractivity contribution in [2.24, 2.45) is 11.8 Å². The summed E-state index contributed by atoms with van der Waals surface area (Å²) in [5, 5.41) is 9.94. The first kappa shape index (κ1) is 19.6. The average molecular weight is 383 g/mol. The number of fused-ring (bicyclic) bond motifs is 1. The van der Waals surface area contributed by atoms with Gasteiger partial charge in [0.25, 0.3) is 0 Å². The van der Waals surface area contributed by atoms with Crippen LogP contribution in [0.2, 0.25) is 0 Å². The van der Waals surface area contributed by atoms with Crippen molar-refractivity contribution in [1.29, 1.82) is 0 Å². The van der Waals surface area contributed by atoms with Crippen LogP contribution in [0, 0.1) is 11.8 Å². The van der Waals surface area contributed by atoms with E-state index in [2.05, 4.69) is 48.6 Å². The molecule has 1 heterocycles. The molecule has 2 aromatic rings. The molecule has 1 fully saturated rings. The Bertz CT molecular complexity index is 813. The fourth-order valence-corrected chi connectivity index (χ4v) is 4.74. The molecule has 0 bridgehead atoms. The fraction of sp³-hybridized carbons (Fsp3) is 0.391. The van der Waals surface area contributed by atoms with E-state index in [1.165, 1.54) is 15.0 Å². The largest absolute Gasteiger partial charge is 0.481 e. The van der Waals surface area contributed by atoms with Gasteiger partial charge in [-0.05, 0) is 55.5 Å². The Morgan fingerprint density at radius 3 is 2.89 bits per heavy atom. The highest BCUT2D eigenvalue weighted by Crippen LogP contribution is 2.33. The van der Waals surface area contributed by atoms with Crippen LogP contribution in [0.25, 0.3) is 10.1 Å². The fourth-order valence-electron chi connectivity index (χ4n) is 3.70. The van der Waals surface area contributed by atoms with Crippen molar-refractivity contribution in [3.05, 3.63) is 59.5 Å². The topological polar surface area (TPSA) is 54.4 Å². The second-order valence-electron chi connectivity index (χ2n) is 7.15. The summed E-state index contributed by atoms with van der Waals surface area (Å²) in [6.45, 7) is 0. The Morgan fingerprint density at radius 2 is 2.07 bits per heavy atom. The number of aliphatic carboxylic acids is 1. The lowest BCUT2D eigenvalue weighted by molar-refractivity contribution is -0.137. The quantitative estimate of drug-likeness (QED) is 0.441. The molecular weight excluding hydrogens is 356 g/mol. The van der Waals surface area contributed by atoms with Crippen molar-refractivity contribution < 1.29 is 14.7 Å². The maximum atomic E-state index is 12.2. The smallest absolute Gasteiger partial charge is 0.303 e. The molecular formula is C23H26O3S. The van der Waals surface area contributed by atoms with Crippen LogP contribution in [0.3, 0.4) is 0 Å². The van der Waals surface area contributed by atoms with Gasteiger partial charge in [0, 0.05) is 28.3 Å². The van der Waals surface area contributed by atoms with Crippen LogP contribution < -0.4 is 0 Å². The summed E-state index contributed by atoms with van der Waals surface area (Å²) < 4.78 is 1.32. The van der Waals surface area contributed by atoms with Gasteiger partial charge in [-0.2, -0.15) is 0 Å². The summed E-state index contributed by atoms with van der Waals surface area (Å²) in [5.41, 5.74) is 0. The van der Waals surface area contributed by atoms with E-state index in [0.29, 0.717) is 24.5 Å². The molecule has 0 aliphatic heterocycles. The van der Waals surface area contributed by atoms with E-state index in [1.807, 2.05) is 17.4 Å². The second kappa shape index (κ2) is 9.65. The third-order valence-electron chi connectivity index (χ3n) is 5.15. The van der Waals surface area contributed by atoms with Crippen LogP contribution in [-0.2, 0) is 16.0 Å². The number of carbonyl (C=O) groups is 2. The Labute approximate surface area is 164 Å². The second-order valence-corrected chi connectivity index (χ2v) is 8.32. The van der Waals surface area contributed by atoms with Gasteiger partial charge >= 0.3 is 5.97 Å². The van der Waals surface area contributed by atoms with E-state index in [-0.39, 0.29) is 12.3 Å². The van der Waals surface area contributed by atoms with E-state index < -0.39 is 5.97 Å². The van der Waals surface area contributed by atoms with E-state index in [1.54, 1.807) is 0 Å². The van der Waals surface area contributed by atoms with Gasteiger partial charge in [-0.1, -0.05) is 42.5 Å². The predicted molar refractivity (Wildman–Crippen MR) is 111 cm³/mol. The van der Waals surface area contributed by atoms with Crippen LogP contribution in [-0.4, -0.2) is 16.9 Å². The lowest BCUT2D eigenvalue weighted by Gasteiger charge is -2.12. The molecule has 1 N–H and O–H groups in total. The standard InChI is InChI=1S/C23H26O3S/c24-21-15-14-17(20(21)11-3-1-2-4-13-23(25)26)9-7-10-19-16-18-8-5-6-12-22(18)27-19/h1,3,5-9,12,16-17,20H,2,4,10-11,13-15H2,(H,25,26)/b3-1-,9-7+/t17?,20-/m1/s1. The van der Waals surface area contributed by atoms with Gasteiger partial charge in [0.05, 0.1) is 0 Å². The summed E-state index contributed by atoms with van der Waals surface area (Å²) >= 11 is 1.83. The number of ketones is 1. The maximum Gasteiger partial charge on any atom is 0.303 e. The van der Waals surface area contributed by atoms with Crippen molar-refractivity contribution in [1.82, 2.24) is 0 Å². The zero-order valence-electron chi connectivity index (χ0n) is 15.5. The highest BCUT2D eigenvalue weighted by atomic mass is 32.1. The van der Waals surface area contributed by atoms with Crippen molar-refractivity contribution in [3.63, 3.8) is 0 Å². The van der Waals surface area contributed by atoms with Crippen LogP contribution in [0.4, 0.5) is 0 Å². The molecule has 3 nitrogen and oxygen atoms in total. The van der Waals surface area contributed by atoms with E-state index >= 15 is 0 Å². The molecule has 1 unspecified atom stereocenters. The summed E-state index contributed by atoms with van der Waals surface area (Å²) in [6, 6.07) is 10.7. The first-order valence-corrected chi connectivity index (χ1v) is 10.5. The number of benzene rings is 1. The molecule has 27 heavy (non-hydrogen) atoms. The molecule has 1 aromatic heterocycles. The number of allylic oxidation sites excluding steroid dienone is 4. The summed E-state index contributed by atoms with van der Waals surface area (Å²) in [4.78, 5) is 24.1. The molecule has 3 rings (SSSR count). The summed E-state index contributed by atoms with van der Waals surface area (Å²) in [5.74, 6) is 0.0230. The molecule has 4 heteroatoms. The Morgan fingerprint density at radius 1 is 1.22 bits per heavy atom.